The topological polar surface area (TPSA) is 55.3 Å². The molecule has 116 valence electrons. The van der Waals surface area contributed by atoms with Crippen LogP contribution in [0.25, 0.3) is 0 Å². The highest BCUT2D eigenvalue weighted by atomic mass is 16.5. The molecule has 2 rings (SSSR count). The molecule has 2 heterocycles. The second kappa shape index (κ2) is 6.00. The number of esters is 1. The molecule has 1 unspecified atom stereocenters. The van der Waals surface area contributed by atoms with Crippen molar-refractivity contribution in [2.24, 2.45) is 11.3 Å². The normalized spacial score (nSPS) is 19.5. The molecule has 0 radical (unpaired) electrons. The molecule has 5 nitrogen and oxygen atoms in total. The molecular weight excluding hydrogens is 266 g/mol. The molecule has 1 saturated heterocycles. The van der Waals surface area contributed by atoms with E-state index < -0.39 is 5.41 Å². The van der Waals surface area contributed by atoms with Crippen molar-refractivity contribution in [2.45, 2.75) is 40.5 Å². The molecule has 0 aliphatic carbocycles. The van der Waals surface area contributed by atoms with Crippen molar-refractivity contribution in [1.29, 1.82) is 0 Å². The first-order valence-corrected chi connectivity index (χ1v) is 7.50. The Labute approximate surface area is 126 Å². The van der Waals surface area contributed by atoms with Crippen LogP contribution in [-0.2, 0) is 9.53 Å². The fraction of sp³-hybridized carbons (Fsp3) is 0.688. The van der Waals surface area contributed by atoms with Crippen LogP contribution in [0.15, 0.2) is 6.20 Å². The van der Waals surface area contributed by atoms with Gasteiger partial charge in [-0.25, -0.2) is 9.97 Å². The summed E-state index contributed by atoms with van der Waals surface area (Å²) in [5.41, 5.74) is 1.63. The van der Waals surface area contributed by atoms with Crippen LogP contribution in [-0.4, -0.2) is 36.1 Å². The average molecular weight is 291 g/mol. The molecule has 1 fully saturated rings. The number of anilines is 1. The molecule has 1 aliphatic heterocycles. The van der Waals surface area contributed by atoms with Crippen molar-refractivity contribution in [2.75, 3.05) is 25.1 Å². The number of hydrogen-bond donors (Lipinski definition) is 0. The monoisotopic (exact) mass is 291 g/mol. The van der Waals surface area contributed by atoms with Gasteiger partial charge < -0.3 is 9.64 Å². The summed E-state index contributed by atoms with van der Waals surface area (Å²) in [5, 5.41) is 0. The molecule has 0 amide bonds. The summed E-state index contributed by atoms with van der Waals surface area (Å²) in [6.45, 7) is 9.68. The molecule has 21 heavy (non-hydrogen) atoms. The quantitative estimate of drug-likeness (QED) is 0.801. The summed E-state index contributed by atoms with van der Waals surface area (Å²) in [7, 11) is 1.46. The Kier molecular flexibility index (Phi) is 4.49. The zero-order chi connectivity index (χ0) is 15.6. The van der Waals surface area contributed by atoms with Crippen LogP contribution in [0.1, 0.15) is 37.9 Å². The second-order valence-corrected chi connectivity index (χ2v) is 6.44. The summed E-state index contributed by atoms with van der Waals surface area (Å²) < 4.78 is 4.96. The predicted octanol–water partition coefficient (Wildman–Crippen LogP) is 2.51. The average Bonchev–Trinajstić information content (AvgIpc) is 2.49. The number of methoxy groups -OCH3 is 1. The Bertz CT molecular complexity index is 528. The van der Waals surface area contributed by atoms with Gasteiger partial charge >= 0.3 is 5.97 Å². The van der Waals surface area contributed by atoms with Gasteiger partial charge in [0.1, 0.15) is 0 Å². The number of aryl methyl sites for hydroxylation is 2. The number of piperidine rings is 1. The maximum absolute atomic E-state index is 12.0. The van der Waals surface area contributed by atoms with Crippen LogP contribution in [0.2, 0.25) is 0 Å². The lowest BCUT2D eigenvalue weighted by Gasteiger charge is -2.39. The third-order valence-electron chi connectivity index (χ3n) is 4.65. The SMILES string of the molecule is COC(=O)C(C)(C)C1CCCN(c2ncc(C)c(C)n2)C1. The highest BCUT2D eigenvalue weighted by molar-refractivity contribution is 5.76. The smallest absolute Gasteiger partial charge is 0.311 e. The fourth-order valence-corrected chi connectivity index (χ4v) is 2.84. The maximum Gasteiger partial charge on any atom is 0.311 e. The van der Waals surface area contributed by atoms with E-state index in [0.717, 1.165) is 43.1 Å². The molecule has 1 atom stereocenters. The van der Waals surface area contributed by atoms with Crippen LogP contribution < -0.4 is 4.90 Å². The van der Waals surface area contributed by atoms with Gasteiger partial charge in [-0.1, -0.05) is 0 Å². The van der Waals surface area contributed by atoms with Gasteiger partial charge in [0.25, 0.3) is 0 Å². The first kappa shape index (κ1) is 15.7. The molecule has 0 spiro atoms. The highest BCUT2D eigenvalue weighted by Crippen LogP contribution is 2.35. The van der Waals surface area contributed by atoms with E-state index in [4.69, 9.17) is 4.74 Å². The number of rotatable bonds is 3. The van der Waals surface area contributed by atoms with Gasteiger partial charge in [0.2, 0.25) is 5.95 Å². The lowest BCUT2D eigenvalue weighted by atomic mass is 9.74. The first-order chi connectivity index (χ1) is 9.86. The van der Waals surface area contributed by atoms with E-state index in [1.807, 2.05) is 33.9 Å². The summed E-state index contributed by atoms with van der Waals surface area (Å²) in [6.07, 6.45) is 3.94. The molecule has 0 saturated carbocycles. The third kappa shape index (κ3) is 3.17. The second-order valence-electron chi connectivity index (χ2n) is 6.44. The van der Waals surface area contributed by atoms with Crippen LogP contribution in [0.5, 0.6) is 0 Å². The van der Waals surface area contributed by atoms with Gasteiger partial charge in [-0.3, -0.25) is 4.79 Å². The lowest BCUT2D eigenvalue weighted by molar-refractivity contribution is -0.154. The van der Waals surface area contributed by atoms with Gasteiger partial charge in [0.05, 0.1) is 12.5 Å². The van der Waals surface area contributed by atoms with Crippen molar-refractivity contribution in [3.05, 3.63) is 17.5 Å². The van der Waals surface area contributed by atoms with Gasteiger partial charge in [-0.2, -0.15) is 0 Å². The molecule has 1 aromatic rings. The molecular formula is C16H25N3O2. The Balaban J connectivity index is 2.17. The number of aromatic nitrogens is 2. The minimum Gasteiger partial charge on any atom is -0.469 e. The number of carbonyl (C=O) groups is 1. The van der Waals surface area contributed by atoms with Crippen LogP contribution in [0.3, 0.4) is 0 Å². The van der Waals surface area contributed by atoms with Crippen molar-refractivity contribution in [3.8, 4) is 0 Å². The standard InChI is InChI=1S/C16H25N3O2/c1-11-9-17-15(18-12(11)2)19-8-6-7-13(10-19)16(3,4)14(20)21-5/h9,13H,6-8,10H2,1-5H3. The van der Waals surface area contributed by atoms with Crippen molar-refractivity contribution in [1.82, 2.24) is 9.97 Å². The molecule has 0 N–H and O–H groups in total. The van der Waals surface area contributed by atoms with Crippen LogP contribution >= 0.6 is 0 Å². The van der Waals surface area contributed by atoms with E-state index in [0.29, 0.717) is 0 Å². The Morgan fingerprint density at radius 2 is 2.14 bits per heavy atom. The largest absolute Gasteiger partial charge is 0.469 e. The zero-order valence-corrected chi connectivity index (χ0v) is 13.6. The van der Waals surface area contributed by atoms with E-state index in [-0.39, 0.29) is 11.9 Å². The van der Waals surface area contributed by atoms with E-state index in [9.17, 15) is 4.79 Å². The van der Waals surface area contributed by atoms with Crippen LogP contribution in [0, 0.1) is 25.2 Å². The van der Waals surface area contributed by atoms with Gasteiger partial charge in [0.15, 0.2) is 0 Å². The first-order valence-electron chi connectivity index (χ1n) is 7.50. The number of carbonyl (C=O) groups excluding carboxylic acids is 1. The third-order valence-corrected chi connectivity index (χ3v) is 4.65. The summed E-state index contributed by atoms with van der Waals surface area (Å²) in [4.78, 5) is 23.2. The Morgan fingerprint density at radius 1 is 1.43 bits per heavy atom. The van der Waals surface area contributed by atoms with Gasteiger partial charge in [-0.05, 0) is 52.0 Å². The molecule has 1 aliphatic rings. The molecule has 0 bridgehead atoms. The summed E-state index contributed by atoms with van der Waals surface area (Å²) in [5.74, 6) is 0.878. The minimum absolute atomic E-state index is 0.143. The summed E-state index contributed by atoms with van der Waals surface area (Å²) in [6, 6.07) is 0. The van der Waals surface area contributed by atoms with Crippen molar-refractivity contribution < 1.29 is 9.53 Å². The van der Waals surface area contributed by atoms with E-state index in [1.54, 1.807) is 0 Å². The summed E-state index contributed by atoms with van der Waals surface area (Å²) >= 11 is 0. The van der Waals surface area contributed by atoms with Crippen molar-refractivity contribution in [3.63, 3.8) is 0 Å². The number of nitrogens with zero attached hydrogens (tertiary/aromatic N) is 3. The van der Waals surface area contributed by atoms with E-state index in [2.05, 4.69) is 14.9 Å². The fourth-order valence-electron chi connectivity index (χ4n) is 2.84. The van der Waals surface area contributed by atoms with Crippen LogP contribution in [0.4, 0.5) is 5.95 Å². The van der Waals surface area contributed by atoms with E-state index in [1.165, 1.54) is 7.11 Å². The zero-order valence-electron chi connectivity index (χ0n) is 13.6. The lowest BCUT2D eigenvalue weighted by Crippen LogP contribution is -2.45. The maximum atomic E-state index is 12.0. The highest BCUT2D eigenvalue weighted by Gasteiger charge is 2.40. The number of ether oxygens (including phenoxy) is 1. The van der Waals surface area contributed by atoms with Gasteiger partial charge in [-0.15, -0.1) is 0 Å². The predicted molar refractivity (Wildman–Crippen MR) is 82.2 cm³/mol. The van der Waals surface area contributed by atoms with Gasteiger partial charge in [0, 0.05) is 25.0 Å². The molecule has 5 heteroatoms. The van der Waals surface area contributed by atoms with E-state index >= 15 is 0 Å². The molecule has 1 aromatic heterocycles. The Hall–Kier alpha value is -1.65. The Morgan fingerprint density at radius 3 is 2.76 bits per heavy atom. The number of hydrogen-bond acceptors (Lipinski definition) is 5. The minimum atomic E-state index is -0.479. The molecule has 0 aromatic carbocycles. The van der Waals surface area contributed by atoms with Crippen molar-refractivity contribution >= 4 is 11.9 Å².